The number of aromatic nitrogens is 2. The second-order valence-corrected chi connectivity index (χ2v) is 9.01. The molecule has 2 saturated carbocycles. The number of fused-ring (bicyclic) bond motifs is 1. The fourth-order valence-electron chi connectivity index (χ4n) is 4.95. The van der Waals surface area contributed by atoms with E-state index in [1.165, 1.54) is 42.5 Å². The van der Waals surface area contributed by atoms with Crippen LogP contribution in [0.3, 0.4) is 0 Å². The third-order valence-electron chi connectivity index (χ3n) is 6.81. The van der Waals surface area contributed by atoms with E-state index in [1.54, 1.807) is 0 Å². The van der Waals surface area contributed by atoms with Crippen LogP contribution in [0.5, 0.6) is 0 Å². The zero-order valence-electron chi connectivity index (χ0n) is 16.5. The molecule has 1 unspecified atom stereocenters. The molecule has 1 atom stereocenters. The molecule has 0 aliphatic heterocycles. The molecule has 5 nitrogen and oxygen atoms in total. The molecule has 148 valence electrons. The third-order valence-corrected chi connectivity index (χ3v) is 6.81. The Labute approximate surface area is 166 Å². The molecule has 2 aromatic rings. The van der Waals surface area contributed by atoms with Gasteiger partial charge in [-0.3, -0.25) is 4.68 Å². The number of urea groups is 1. The van der Waals surface area contributed by atoms with Gasteiger partial charge in [0.1, 0.15) is 0 Å². The van der Waals surface area contributed by atoms with Gasteiger partial charge in [-0.25, -0.2) is 4.79 Å². The second kappa shape index (κ2) is 7.26. The van der Waals surface area contributed by atoms with Crippen molar-refractivity contribution in [3.8, 4) is 0 Å². The van der Waals surface area contributed by atoms with E-state index in [1.807, 2.05) is 12.3 Å². The summed E-state index contributed by atoms with van der Waals surface area (Å²) in [7, 11) is 0. The van der Waals surface area contributed by atoms with E-state index in [4.69, 9.17) is 0 Å². The van der Waals surface area contributed by atoms with E-state index in [0.717, 1.165) is 44.6 Å². The molecular formula is C23H30N4O. The van der Waals surface area contributed by atoms with Gasteiger partial charge in [0, 0.05) is 16.8 Å². The van der Waals surface area contributed by atoms with Crippen LogP contribution in [0.2, 0.25) is 0 Å². The van der Waals surface area contributed by atoms with Crippen molar-refractivity contribution in [2.75, 3.05) is 0 Å². The molecule has 2 fully saturated rings. The summed E-state index contributed by atoms with van der Waals surface area (Å²) in [5.41, 5.74) is 3.80. The Hall–Kier alpha value is -2.30. The van der Waals surface area contributed by atoms with Crippen LogP contribution in [0.1, 0.15) is 74.2 Å². The molecule has 5 heteroatoms. The van der Waals surface area contributed by atoms with Crippen molar-refractivity contribution in [2.24, 2.45) is 5.92 Å². The molecule has 0 radical (unpaired) electrons. The van der Waals surface area contributed by atoms with Crippen molar-refractivity contribution >= 4 is 6.03 Å². The van der Waals surface area contributed by atoms with Crippen LogP contribution in [0.25, 0.3) is 0 Å². The number of rotatable bonds is 6. The van der Waals surface area contributed by atoms with Crippen molar-refractivity contribution in [2.45, 2.75) is 75.9 Å². The number of amides is 2. The van der Waals surface area contributed by atoms with E-state index in [-0.39, 0.29) is 17.6 Å². The first kappa shape index (κ1) is 17.8. The van der Waals surface area contributed by atoms with Crippen LogP contribution in [0.15, 0.2) is 36.5 Å². The number of carbonyl (C=O) groups is 1. The Morgan fingerprint density at radius 3 is 2.68 bits per heavy atom. The monoisotopic (exact) mass is 378 g/mol. The Balaban J connectivity index is 1.25. The Kier molecular flexibility index (Phi) is 4.61. The SMILES string of the molecule is O=C(NC1CCCc2c1cnn2Cc1ccccc1)NC1(CC2CC2)CCC1. The lowest BCUT2D eigenvalue weighted by atomic mass is 9.73. The van der Waals surface area contributed by atoms with E-state index < -0.39 is 0 Å². The van der Waals surface area contributed by atoms with Gasteiger partial charge in [-0.2, -0.15) is 5.10 Å². The van der Waals surface area contributed by atoms with Gasteiger partial charge < -0.3 is 10.6 Å². The molecule has 3 aliphatic carbocycles. The molecule has 28 heavy (non-hydrogen) atoms. The first-order chi connectivity index (χ1) is 13.7. The summed E-state index contributed by atoms with van der Waals surface area (Å²) in [4.78, 5) is 12.8. The molecule has 0 bridgehead atoms. The highest BCUT2D eigenvalue weighted by Gasteiger charge is 2.43. The Bertz CT molecular complexity index is 836. The average molecular weight is 379 g/mol. The number of hydrogen-bond acceptors (Lipinski definition) is 2. The van der Waals surface area contributed by atoms with Gasteiger partial charge in [0.05, 0.1) is 18.8 Å². The first-order valence-electron chi connectivity index (χ1n) is 10.9. The molecule has 3 aliphatic rings. The molecule has 2 amide bonds. The summed E-state index contributed by atoms with van der Waals surface area (Å²) in [6.07, 6.45) is 12.5. The fraction of sp³-hybridized carbons (Fsp3) is 0.565. The van der Waals surface area contributed by atoms with Crippen molar-refractivity contribution in [1.82, 2.24) is 20.4 Å². The van der Waals surface area contributed by atoms with Gasteiger partial charge in [0.2, 0.25) is 0 Å². The fourth-order valence-corrected chi connectivity index (χ4v) is 4.95. The topological polar surface area (TPSA) is 59.0 Å². The van der Waals surface area contributed by atoms with Gasteiger partial charge in [0.15, 0.2) is 0 Å². The zero-order valence-corrected chi connectivity index (χ0v) is 16.5. The zero-order chi connectivity index (χ0) is 19.0. The highest BCUT2D eigenvalue weighted by molar-refractivity contribution is 5.75. The summed E-state index contributed by atoms with van der Waals surface area (Å²) in [6.45, 7) is 0.791. The molecule has 1 heterocycles. The van der Waals surface area contributed by atoms with Gasteiger partial charge in [-0.1, -0.05) is 43.2 Å². The normalized spacial score (nSPS) is 22.8. The lowest BCUT2D eigenvalue weighted by molar-refractivity contribution is 0.158. The number of carbonyl (C=O) groups excluding carboxylic acids is 1. The predicted molar refractivity (Wildman–Crippen MR) is 109 cm³/mol. The third kappa shape index (κ3) is 3.67. The van der Waals surface area contributed by atoms with E-state index >= 15 is 0 Å². The largest absolute Gasteiger partial charge is 0.333 e. The number of nitrogens with one attached hydrogen (secondary N) is 2. The lowest BCUT2D eigenvalue weighted by Gasteiger charge is -2.43. The minimum Gasteiger partial charge on any atom is -0.333 e. The minimum atomic E-state index is 0.00834. The van der Waals surface area contributed by atoms with Gasteiger partial charge in [-0.05, 0) is 56.4 Å². The first-order valence-corrected chi connectivity index (χ1v) is 10.9. The molecule has 2 N–H and O–H groups in total. The number of benzene rings is 1. The summed E-state index contributed by atoms with van der Waals surface area (Å²) in [6, 6.07) is 10.5. The highest BCUT2D eigenvalue weighted by Crippen LogP contribution is 2.44. The second-order valence-electron chi connectivity index (χ2n) is 9.01. The van der Waals surface area contributed by atoms with Crippen molar-refractivity contribution in [1.29, 1.82) is 0 Å². The van der Waals surface area contributed by atoms with Crippen LogP contribution in [0, 0.1) is 5.92 Å². The van der Waals surface area contributed by atoms with E-state index in [2.05, 4.69) is 44.7 Å². The smallest absolute Gasteiger partial charge is 0.315 e. The summed E-state index contributed by atoms with van der Waals surface area (Å²) in [5.74, 6) is 0.845. The maximum atomic E-state index is 12.8. The van der Waals surface area contributed by atoms with Gasteiger partial charge in [-0.15, -0.1) is 0 Å². The Morgan fingerprint density at radius 2 is 1.96 bits per heavy atom. The quantitative estimate of drug-likeness (QED) is 0.786. The van der Waals surface area contributed by atoms with E-state index in [0.29, 0.717) is 0 Å². The number of nitrogens with zero attached hydrogens (tertiary/aromatic N) is 2. The van der Waals surface area contributed by atoms with Crippen LogP contribution < -0.4 is 10.6 Å². The van der Waals surface area contributed by atoms with Gasteiger partial charge >= 0.3 is 6.03 Å². The van der Waals surface area contributed by atoms with Gasteiger partial charge in [0.25, 0.3) is 0 Å². The molecule has 1 aromatic carbocycles. The predicted octanol–water partition coefficient (Wildman–Crippen LogP) is 4.33. The van der Waals surface area contributed by atoms with E-state index in [9.17, 15) is 4.79 Å². The number of hydrogen-bond donors (Lipinski definition) is 2. The maximum Gasteiger partial charge on any atom is 0.315 e. The minimum absolute atomic E-state index is 0.00834. The average Bonchev–Trinajstić information content (AvgIpc) is 3.40. The van der Waals surface area contributed by atoms with Crippen molar-refractivity contribution < 1.29 is 4.79 Å². The molecule has 0 saturated heterocycles. The van der Waals surface area contributed by atoms with Crippen LogP contribution in [0.4, 0.5) is 4.79 Å². The van der Waals surface area contributed by atoms with Crippen molar-refractivity contribution in [3.05, 3.63) is 53.3 Å². The maximum absolute atomic E-state index is 12.8. The lowest BCUT2D eigenvalue weighted by Crippen LogP contribution is -2.57. The van der Waals surface area contributed by atoms with Crippen molar-refractivity contribution in [3.63, 3.8) is 0 Å². The highest BCUT2D eigenvalue weighted by atomic mass is 16.2. The standard InChI is InChI=1S/C23H30N4O/c28-22(26-23(12-5-13-23)14-17-10-11-17)25-20-8-4-9-21-19(20)15-24-27(21)16-18-6-2-1-3-7-18/h1-3,6-7,15,17,20H,4-5,8-14,16H2,(H2,25,26,28). The summed E-state index contributed by atoms with van der Waals surface area (Å²) < 4.78 is 2.11. The summed E-state index contributed by atoms with van der Waals surface area (Å²) >= 11 is 0. The molecule has 5 rings (SSSR count). The van der Waals surface area contributed by atoms with Crippen LogP contribution in [-0.2, 0) is 13.0 Å². The molecule has 1 aromatic heterocycles. The Morgan fingerprint density at radius 1 is 1.14 bits per heavy atom. The van der Waals surface area contributed by atoms with Crippen LogP contribution in [-0.4, -0.2) is 21.4 Å². The van der Waals surface area contributed by atoms with Crippen LogP contribution >= 0.6 is 0 Å². The molecular weight excluding hydrogens is 348 g/mol. The summed E-state index contributed by atoms with van der Waals surface area (Å²) in [5, 5.41) is 11.3. The molecule has 0 spiro atoms.